The molecule has 1 rings (SSSR count). The number of carbonyl (C=O) groups excluding carboxylic acids is 1. The largest absolute Gasteiger partial charge is 0.353 e. The summed E-state index contributed by atoms with van der Waals surface area (Å²) in [6.45, 7) is 4.36. The summed E-state index contributed by atoms with van der Waals surface area (Å²) < 4.78 is 22.5. The first-order valence-electron chi connectivity index (χ1n) is 6.66. The highest BCUT2D eigenvalue weighted by atomic mass is 32.2. The minimum absolute atomic E-state index is 0.00983. The Kier molecular flexibility index (Phi) is 6.08. The normalized spacial score (nSPS) is 21.4. The molecule has 2 N–H and O–H groups in total. The molecule has 5 nitrogen and oxygen atoms in total. The van der Waals surface area contributed by atoms with E-state index in [0.29, 0.717) is 12.8 Å². The second-order valence-corrected chi connectivity index (χ2v) is 7.37. The van der Waals surface area contributed by atoms with Gasteiger partial charge in [0, 0.05) is 12.1 Å². The van der Waals surface area contributed by atoms with Crippen LogP contribution >= 0.6 is 0 Å². The van der Waals surface area contributed by atoms with Crippen LogP contribution in [0.2, 0.25) is 0 Å². The van der Waals surface area contributed by atoms with Gasteiger partial charge in [-0.3, -0.25) is 4.79 Å². The number of nitrogens with one attached hydrogen (secondary N) is 2. The third-order valence-electron chi connectivity index (χ3n) is 3.24. The highest BCUT2D eigenvalue weighted by Crippen LogP contribution is 2.11. The van der Waals surface area contributed by atoms with Gasteiger partial charge < -0.3 is 10.6 Å². The average Bonchev–Trinajstić information content (AvgIpc) is 2.28. The maximum Gasteiger partial charge on any atom is 0.234 e. The molecule has 1 fully saturated rings. The predicted octanol–water partition coefficient (Wildman–Crippen LogP) is 0.458. The van der Waals surface area contributed by atoms with E-state index in [0.717, 1.165) is 12.8 Å². The molecule has 106 valence electrons. The predicted molar refractivity (Wildman–Crippen MR) is 72.2 cm³/mol. The highest BCUT2D eigenvalue weighted by molar-refractivity contribution is 7.91. The van der Waals surface area contributed by atoms with Crippen molar-refractivity contribution in [2.24, 2.45) is 0 Å². The van der Waals surface area contributed by atoms with Crippen molar-refractivity contribution >= 4 is 15.7 Å². The molecule has 0 saturated carbocycles. The van der Waals surface area contributed by atoms with Crippen molar-refractivity contribution < 1.29 is 13.2 Å². The first-order chi connectivity index (χ1) is 8.43. The van der Waals surface area contributed by atoms with Crippen LogP contribution in [0.15, 0.2) is 0 Å². The molecular formula is C12H24N2O3S. The van der Waals surface area contributed by atoms with E-state index in [-0.39, 0.29) is 36.0 Å². The Morgan fingerprint density at radius 1 is 1.33 bits per heavy atom. The minimum Gasteiger partial charge on any atom is -0.353 e. The van der Waals surface area contributed by atoms with E-state index in [1.54, 1.807) is 0 Å². The Bertz CT molecular complexity index is 354. The van der Waals surface area contributed by atoms with Crippen LogP contribution in [0.3, 0.4) is 0 Å². The van der Waals surface area contributed by atoms with Crippen LogP contribution < -0.4 is 10.6 Å². The van der Waals surface area contributed by atoms with Crippen molar-refractivity contribution in [2.45, 2.75) is 51.6 Å². The molecule has 0 aromatic carbocycles. The van der Waals surface area contributed by atoms with Crippen molar-refractivity contribution in [3.63, 3.8) is 0 Å². The molecule has 1 aliphatic heterocycles. The number of carbonyl (C=O) groups is 1. The van der Waals surface area contributed by atoms with Crippen LogP contribution in [0.4, 0.5) is 0 Å². The molecule has 1 unspecified atom stereocenters. The molecule has 0 radical (unpaired) electrons. The maximum absolute atomic E-state index is 11.6. The van der Waals surface area contributed by atoms with E-state index in [1.807, 2.05) is 6.92 Å². The average molecular weight is 276 g/mol. The summed E-state index contributed by atoms with van der Waals surface area (Å²) in [6, 6.07) is 0.358. The molecule has 1 atom stereocenters. The van der Waals surface area contributed by atoms with E-state index in [1.165, 1.54) is 0 Å². The molecule has 0 aromatic rings. The number of sulfone groups is 1. The lowest BCUT2D eigenvalue weighted by molar-refractivity contribution is -0.121. The first kappa shape index (κ1) is 15.4. The van der Waals surface area contributed by atoms with Crippen LogP contribution in [-0.2, 0) is 14.6 Å². The maximum atomic E-state index is 11.6. The van der Waals surface area contributed by atoms with Crippen LogP contribution in [0, 0.1) is 0 Å². The number of hydrogen-bond acceptors (Lipinski definition) is 4. The molecule has 0 spiro atoms. The van der Waals surface area contributed by atoms with Gasteiger partial charge in [0.25, 0.3) is 0 Å². The lowest BCUT2D eigenvalue weighted by Gasteiger charge is -2.23. The van der Waals surface area contributed by atoms with Gasteiger partial charge in [-0.25, -0.2) is 8.42 Å². The molecule has 0 aromatic heterocycles. The van der Waals surface area contributed by atoms with Crippen molar-refractivity contribution in [3.05, 3.63) is 0 Å². The number of hydrogen-bond donors (Lipinski definition) is 2. The molecular weight excluding hydrogens is 252 g/mol. The fourth-order valence-electron chi connectivity index (χ4n) is 2.16. The first-order valence-corrected chi connectivity index (χ1v) is 8.48. The minimum atomic E-state index is -2.82. The summed E-state index contributed by atoms with van der Waals surface area (Å²) >= 11 is 0. The Balaban J connectivity index is 2.19. The van der Waals surface area contributed by atoms with Gasteiger partial charge in [0.1, 0.15) is 9.84 Å². The van der Waals surface area contributed by atoms with Crippen LogP contribution in [-0.4, -0.2) is 44.5 Å². The van der Waals surface area contributed by atoms with Gasteiger partial charge in [0.05, 0.1) is 18.1 Å². The zero-order valence-electron chi connectivity index (χ0n) is 11.2. The molecule has 1 aliphatic rings. The molecule has 0 bridgehead atoms. The molecule has 6 heteroatoms. The quantitative estimate of drug-likeness (QED) is 0.739. The van der Waals surface area contributed by atoms with Crippen molar-refractivity contribution in [1.82, 2.24) is 10.6 Å². The smallest absolute Gasteiger partial charge is 0.234 e. The fourth-order valence-corrected chi connectivity index (χ4v) is 3.65. The van der Waals surface area contributed by atoms with Crippen LogP contribution in [0.5, 0.6) is 0 Å². The van der Waals surface area contributed by atoms with E-state index in [2.05, 4.69) is 17.6 Å². The standard InChI is InChI=1S/C12H24N2O3S/c1-3-4-10(2)14-12(15)9-13-11-5-7-18(16,17)8-6-11/h10-11,13H,3-9H2,1-2H3,(H,14,15). The zero-order chi connectivity index (χ0) is 13.6. The lowest BCUT2D eigenvalue weighted by Crippen LogP contribution is -2.44. The van der Waals surface area contributed by atoms with E-state index >= 15 is 0 Å². The van der Waals surface area contributed by atoms with Gasteiger partial charge >= 0.3 is 0 Å². The van der Waals surface area contributed by atoms with Gasteiger partial charge in [-0.15, -0.1) is 0 Å². The second kappa shape index (κ2) is 7.09. The highest BCUT2D eigenvalue weighted by Gasteiger charge is 2.23. The van der Waals surface area contributed by atoms with E-state index in [4.69, 9.17) is 0 Å². The van der Waals surface area contributed by atoms with Gasteiger partial charge in [0.15, 0.2) is 0 Å². The molecule has 1 heterocycles. The summed E-state index contributed by atoms with van der Waals surface area (Å²) in [4.78, 5) is 11.6. The Hall–Kier alpha value is -0.620. The Labute approximate surface area is 110 Å². The second-order valence-electron chi connectivity index (χ2n) is 5.06. The molecule has 18 heavy (non-hydrogen) atoms. The zero-order valence-corrected chi connectivity index (χ0v) is 12.1. The number of amides is 1. The summed E-state index contributed by atoms with van der Waals surface area (Å²) in [5, 5.41) is 6.05. The van der Waals surface area contributed by atoms with Crippen molar-refractivity contribution in [1.29, 1.82) is 0 Å². The monoisotopic (exact) mass is 276 g/mol. The molecule has 1 saturated heterocycles. The van der Waals surface area contributed by atoms with Gasteiger partial charge in [0.2, 0.25) is 5.91 Å². The summed E-state index contributed by atoms with van der Waals surface area (Å²) in [5.74, 6) is 0.459. The van der Waals surface area contributed by atoms with Crippen molar-refractivity contribution in [3.8, 4) is 0 Å². The molecule has 1 amide bonds. The summed E-state index contributed by atoms with van der Waals surface area (Å²) in [5.41, 5.74) is 0. The third kappa shape index (κ3) is 5.82. The summed E-state index contributed by atoms with van der Waals surface area (Å²) in [7, 11) is -2.82. The van der Waals surface area contributed by atoms with Gasteiger partial charge in [-0.05, 0) is 26.2 Å². The third-order valence-corrected chi connectivity index (χ3v) is 4.95. The SMILES string of the molecule is CCCC(C)NC(=O)CNC1CCS(=O)(=O)CC1. The Morgan fingerprint density at radius 2 is 1.94 bits per heavy atom. The topological polar surface area (TPSA) is 75.3 Å². The molecule has 0 aliphatic carbocycles. The van der Waals surface area contributed by atoms with Crippen LogP contribution in [0.1, 0.15) is 39.5 Å². The fraction of sp³-hybridized carbons (Fsp3) is 0.917. The summed E-state index contributed by atoms with van der Waals surface area (Å²) in [6.07, 6.45) is 3.25. The van der Waals surface area contributed by atoms with Gasteiger partial charge in [-0.1, -0.05) is 13.3 Å². The van der Waals surface area contributed by atoms with Crippen molar-refractivity contribution in [2.75, 3.05) is 18.1 Å². The van der Waals surface area contributed by atoms with Gasteiger partial charge in [-0.2, -0.15) is 0 Å². The number of rotatable bonds is 6. The van der Waals surface area contributed by atoms with Crippen LogP contribution in [0.25, 0.3) is 0 Å². The lowest BCUT2D eigenvalue weighted by atomic mass is 10.1. The van der Waals surface area contributed by atoms with E-state index in [9.17, 15) is 13.2 Å². The van der Waals surface area contributed by atoms with E-state index < -0.39 is 9.84 Å². The Morgan fingerprint density at radius 3 is 2.50 bits per heavy atom.